The first kappa shape index (κ1) is 11.8. The van der Waals surface area contributed by atoms with Crippen LogP contribution in [0.2, 0.25) is 0 Å². The molecular formula is C11H19N3O. The number of amides is 1. The third-order valence-electron chi connectivity index (χ3n) is 2.41. The van der Waals surface area contributed by atoms with Crippen molar-refractivity contribution in [3.05, 3.63) is 24.0 Å². The number of rotatable bonds is 5. The summed E-state index contributed by atoms with van der Waals surface area (Å²) in [6.45, 7) is 2.81. The van der Waals surface area contributed by atoms with Crippen molar-refractivity contribution in [2.24, 2.45) is 5.73 Å². The Hall–Kier alpha value is -1.29. The molecule has 1 heterocycles. The van der Waals surface area contributed by atoms with Crippen molar-refractivity contribution in [2.45, 2.75) is 32.4 Å². The smallest absolute Gasteiger partial charge is 0.219 e. The van der Waals surface area contributed by atoms with Crippen LogP contribution in [-0.4, -0.2) is 17.5 Å². The Bertz CT molecular complexity index is 317. The number of nitrogens with one attached hydrogen (secondary N) is 1. The van der Waals surface area contributed by atoms with Crippen LogP contribution in [0, 0.1) is 0 Å². The molecule has 0 saturated carbocycles. The summed E-state index contributed by atoms with van der Waals surface area (Å²) in [6.07, 6.45) is 3.41. The third kappa shape index (κ3) is 3.40. The largest absolute Gasteiger partial charge is 0.359 e. The van der Waals surface area contributed by atoms with Gasteiger partial charge in [0.25, 0.3) is 0 Å². The number of nitrogens with zero attached hydrogens (tertiary/aromatic N) is 1. The normalized spacial score (nSPS) is 12.5. The number of hydrogen-bond donors (Lipinski definition) is 2. The Morgan fingerprint density at radius 2 is 2.40 bits per heavy atom. The van der Waals surface area contributed by atoms with Crippen molar-refractivity contribution in [1.82, 2.24) is 9.88 Å². The van der Waals surface area contributed by atoms with Crippen molar-refractivity contribution in [2.75, 3.05) is 7.05 Å². The van der Waals surface area contributed by atoms with Crippen LogP contribution in [-0.2, 0) is 11.3 Å². The van der Waals surface area contributed by atoms with Crippen LogP contribution in [0.15, 0.2) is 18.3 Å². The average molecular weight is 209 g/mol. The third-order valence-corrected chi connectivity index (χ3v) is 2.41. The molecule has 84 valence electrons. The number of nitrogens with two attached hydrogens (primary N) is 1. The molecule has 0 saturated heterocycles. The molecule has 0 aliphatic heterocycles. The molecule has 0 aromatic carbocycles. The molecule has 3 N–H and O–H groups in total. The molecule has 0 spiro atoms. The van der Waals surface area contributed by atoms with Crippen LogP contribution in [0.3, 0.4) is 0 Å². The van der Waals surface area contributed by atoms with Gasteiger partial charge in [-0.2, -0.15) is 0 Å². The van der Waals surface area contributed by atoms with E-state index in [1.807, 2.05) is 25.3 Å². The van der Waals surface area contributed by atoms with Gasteiger partial charge in [0.2, 0.25) is 5.91 Å². The van der Waals surface area contributed by atoms with Crippen LogP contribution in [0.5, 0.6) is 0 Å². The second kappa shape index (κ2) is 5.56. The lowest BCUT2D eigenvalue weighted by Gasteiger charge is -2.11. The van der Waals surface area contributed by atoms with Gasteiger partial charge in [-0.25, -0.2) is 0 Å². The first-order valence-corrected chi connectivity index (χ1v) is 5.26. The van der Waals surface area contributed by atoms with Gasteiger partial charge in [-0.1, -0.05) is 0 Å². The zero-order valence-corrected chi connectivity index (χ0v) is 9.36. The quantitative estimate of drug-likeness (QED) is 0.761. The number of carbonyl (C=O) groups is 1. The Morgan fingerprint density at radius 1 is 1.67 bits per heavy atom. The highest BCUT2D eigenvalue weighted by Gasteiger charge is 2.05. The predicted octanol–water partition coefficient (Wildman–Crippen LogP) is 1.03. The van der Waals surface area contributed by atoms with Crippen LogP contribution in [0.25, 0.3) is 0 Å². The summed E-state index contributed by atoms with van der Waals surface area (Å²) in [6, 6.07) is 4.04. The zero-order valence-electron chi connectivity index (χ0n) is 9.36. The maximum atomic E-state index is 11.0. The fourth-order valence-corrected chi connectivity index (χ4v) is 1.58. The first-order valence-electron chi connectivity index (χ1n) is 5.26. The molecule has 1 amide bonds. The average Bonchev–Trinajstić information content (AvgIpc) is 2.65. The van der Waals surface area contributed by atoms with Crippen molar-refractivity contribution < 1.29 is 4.79 Å². The summed E-state index contributed by atoms with van der Waals surface area (Å²) in [5, 5.41) is 2.61. The van der Waals surface area contributed by atoms with Gasteiger partial charge in [-0.05, 0) is 25.5 Å². The van der Waals surface area contributed by atoms with Gasteiger partial charge in [0, 0.05) is 37.9 Å². The van der Waals surface area contributed by atoms with Gasteiger partial charge in [0.05, 0.1) is 0 Å². The van der Waals surface area contributed by atoms with Crippen LogP contribution < -0.4 is 11.1 Å². The predicted molar refractivity (Wildman–Crippen MR) is 60.3 cm³/mol. The topological polar surface area (TPSA) is 60.0 Å². The van der Waals surface area contributed by atoms with Gasteiger partial charge in [-0.3, -0.25) is 4.79 Å². The summed E-state index contributed by atoms with van der Waals surface area (Å²) in [5.41, 5.74) is 6.93. The summed E-state index contributed by atoms with van der Waals surface area (Å²) >= 11 is 0. The second-order valence-electron chi connectivity index (χ2n) is 3.69. The number of aromatic nitrogens is 1. The Kier molecular flexibility index (Phi) is 4.37. The van der Waals surface area contributed by atoms with Crippen molar-refractivity contribution >= 4 is 5.91 Å². The highest BCUT2D eigenvalue weighted by Crippen LogP contribution is 2.11. The molecule has 1 rings (SSSR count). The molecule has 4 nitrogen and oxygen atoms in total. The van der Waals surface area contributed by atoms with Crippen LogP contribution in [0.1, 0.15) is 31.5 Å². The highest BCUT2D eigenvalue weighted by atomic mass is 16.1. The van der Waals surface area contributed by atoms with Crippen molar-refractivity contribution in [3.63, 3.8) is 0 Å². The molecule has 0 bridgehead atoms. The number of carbonyl (C=O) groups excluding carboxylic acids is 1. The lowest BCUT2D eigenvalue weighted by Crippen LogP contribution is -2.18. The van der Waals surface area contributed by atoms with E-state index >= 15 is 0 Å². The minimum Gasteiger partial charge on any atom is -0.359 e. The minimum absolute atomic E-state index is 0.0417. The van der Waals surface area contributed by atoms with E-state index in [1.165, 1.54) is 0 Å². The maximum Gasteiger partial charge on any atom is 0.219 e. The second-order valence-corrected chi connectivity index (χ2v) is 3.69. The van der Waals surface area contributed by atoms with E-state index in [2.05, 4.69) is 9.88 Å². The fourth-order valence-electron chi connectivity index (χ4n) is 1.58. The first-order chi connectivity index (χ1) is 7.15. The van der Waals surface area contributed by atoms with Crippen molar-refractivity contribution in [3.8, 4) is 0 Å². The summed E-state index contributed by atoms with van der Waals surface area (Å²) in [7, 11) is 1.66. The van der Waals surface area contributed by atoms with Gasteiger partial charge in [0.1, 0.15) is 0 Å². The van der Waals surface area contributed by atoms with Gasteiger partial charge in [-0.15, -0.1) is 0 Å². The van der Waals surface area contributed by atoms with E-state index < -0.39 is 0 Å². The monoisotopic (exact) mass is 209 g/mol. The van der Waals surface area contributed by atoms with E-state index in [0.717, 1.165) is 18.7 Å². The van der Waals surface area contributed by atoms with Gasteiger partial charge >= 0.3 is 0 Å². The number of hydrogen-bond acceptors (Lipinski definition) is 2. The lowest BCUT2D eigenvalue weighted by molar-refractivity contribution is -0.120. The fraction of sp³-hybridized carbons (Fsp3) is 0.545. The van der Waals surface area contributed by atoms with E-state index in [9.17, 15) is 4.79 Å². The minimum atomic E-state index is 0.0417. The maximum absolute atomic E-state index is 11.0. The summed E-state index contributed by atoms with van der Waals surface area (Å²) < 4.78 is 2.10. The Morgan fingerprint density at radius 3 is 3.00 bits per heavy atom. The molecule has 0 fully saturated rings. The van der Waals surface area contributed by atoms with E-state index in [1.54, 1.807) is 7.05 Å². The summed E-state index contributed by atoms with van der Waals surface area (Å²) in [5.74, 6) is 0.0875. The molecule has 1 aromatic rings. The molecule has 15 heavy (non-hydrogen) atoms. The lowest BCUT2D eigenvalue weighted by atomic mass is 10.2. The van der Waals surface area contributed by atoms with Gasteiger partial charge in [0.15, 0.2) is 0 Å². The highest BCUT2D eigenvalue weighted by molar-refractivity contribution is 5.75. The Balaban J connectivity index is 2.43. The zero-order chi connectivity index (χ0) is 11.3. The van der Waals surface area contributed by atoms with E-state index in [0.29, 0.717) is 6.42 Å². The Labute approximate surface area is 90.5 Å². The molecular weight excluding hydrogens is 190 g/mol. The molecule has 0 aliphatic rings. The molecule has 1 aromatic heterocycles. The SMILES string of the molecule is CNC(=O)CCCn1cccc1C(C)N. The molecule has 1 unspecified atom stereocenters. The summed E-state index contributed by atoms with van der Waals surface area (Å²) in [4.78, 5) is 11.0. The van der Waals surface area contributed by atoms with Gasteiger partial charge < -0.3 is 15.6 Å². The van der Waals surface area contributed by atoms with E-state index in [-0.39, 0.29) is 11.9 Å². The van der Waals surface area contributed by atoms with E-state index in [4.69, 9.17) is 5.73 Å². The van der Waals surface area contributed by atoms with Crippen LogP contribution in [0.4, 0.5) is 0 Å². The molecule has 0 aliphatic carbocycles. The molecule has 0 radical (unpaired) electrons. The van der Waals surface area contributed by atoms with Crippen molar-refractivity contribution in [1.29, 1.82) is 0 Å². The molecule has 1 atom stereocenters. The number of aryl methyl sites for hydroxylation is 1. The standard InChI is InChI=1S/C11H19N3O/c1-9(12)10-5-3-7-14(10)8-4-6-11(15)13-2/h3,5,7,9H,4,6,8,12H2,1-2H3,(H,13,15). The molecule has 4 heteroatoms. The van der Waals surface area contributed by atoms with Crippen LogP contribution >= 0.6 is 0 Å².